The minimum atomic E-state index is -0.634. The molecule has 5 nitrogen and oxygen atoms in total. The van der Waals surface area contributed by atoms with Crippen molar-refractivity contribution in [3.63, 3.8) is 0 Å². The summed E-state index contributed by atoms with van der Waals surface area (Å²) in [5.41, 5.74) is 5.24. The summed E-state index contributed by atoms with van der Waals surface area (Å²) in [7, 11) is 0. The maximum atomic E-state index is 11.0. The lowest BCUT2D eigenvalue weighted by Gasteiger charge is -2.12. The highest BCUT2D eigenvalue weighted by Crippen LogP contribution is 2.21. The Hall–Kier alpha value is -3.41. The number of carbonyl (C=O) groups is 1. The van der Waals surface area contributed by atoms with Gasteiger partial charge in [0.15, 0.2) is 0 Å². The van der Waals surface area contributed by atoms with Crippen molar-refractivity contribution in [2.75, 3.05) is 0 Å². The molecule has 0 aromatic heterocycles. The Morgan fingerprint density at radius 3 is 2.28 bits per heavy atom. The molecule has 0 spiro atoms. The third-order valence-corrected chi connectivity index (χ3v) is 4.46. The van der Waals surface area contributed by atoms with Crippen molar-refractivity contribution in [3.8, 4) is 5.75 Å². The molecule has 5 heteroatoms. The number of amides is 1. The predicted molar refractivity (Wildman–Crippen MR) is 111 cm³/mol. The highest BCUT2D eigenvalue weighted by molar-refractivity contribution is 5.90. The number of nitrogens with one attached hydrogen (secondary N) is 1. The van der Waals surface area contributed by atoms with E-state index in [0.717, 1.165) is 28.0 Å². The van der Waals surface area contributed by atoms with Gasteiger partial charge in [-0.05, 0) is 40.5 Å². The van der Waals surface area contributed by atoms with Gasteiger partial charge in [0.25, 0.3) is 5.91 Å². The number of aliphatic hydroxyl groups is 1. The van der Waals surface area contributed by atoms with Crippen LogP contribution in [0.5, 0.6) is 5.75 Å². The summed E-state index contributed by atoms with van der Waals surface area (Å²) < 4.78 is 5.78. The molecule has 0 bridgehead atoms. The van der Waals surface area contributed by atoms with Crippen molar-refractivity contribution in [1.82, 2.24) is 5.48 Å². The van der Waals surface area contributed by atoms with E-state index < -0.39 is 12.0 Å². The van der Waals surface area contributed by atoms with Crippen LogP contribution in [-0.4, -0.2) is 16.2 Å². The van der Waals surface area contributed by atoms with Crippen molar-refractivity contribution in [2.24, 2.45) is 0 Å². The maximum absolute atomic E-state index is 11.0. The molecule has 0 aliphatic heterocycles. The fraction of sp³-hybridized carbons (Fsp3) is 0.125. The highest BCUT2D eigenvalue weighted by atomic mass is 16.5. The van der Waals surface area contributed by atoms with Gasteiger partial charge in [0.05, 0.1) is 6.10 Å². The molecule has 0 saturated carbocycles. The molecule has 0 aliphatic rings. The van der Waals surface area contributed by atoms with Crippen LogP contribution in [-0.2, 0) is 17.8 Å². The molecule has 1 atom stereocenters. The molecular formula is C24H23NO4. The Morgan fingerprint density at radius 1 is 0.931 bits per heavy atom. The quantitative estimate of drug-likeness (QED) is 0.308. The van der Waals surface area contributed by atoms with Crippen molar-refractivity contribution in [1.29, 1.82) is 0 Å². The van der Waals surface area contributed by atoms with Crippen LogP contribution in [0.4, 0.5) is 0 Å². The summed E-state index contributed by atoms with van der Waals surface area (Å²) in [5, 5.41) is 19.0. The number of ether oxygens (including phenoxy) is 1. The molecule has 0 fully saturated rings. The van der Waals surface area contributed by atoms with Gasteiger partial charge in [0.2, 0.25) is 0 Å². The van der Waals surface area contributed by atoms with E-state index in [9.17, 15) is 9.90 Å². The Bertz CT molecular complexity index is 935. The number of benzene rings is 3. The van der Waals surface area contributed by atoms with E-state index in [2.05, 4.69) is 0 Å². The van der Waals surface area contributed by atoms with Gasteiger partial charge < -0.3 is 9.84 Å². The third-order valence-electron chi connectivity index (χ3n) is 4.46. The van der Waals surface area contributed by atoms with Crippen molar-refractivity contribution in [3.05, 3.63) is 107 Å². The normalized spacial score (nSPS) is 11.9. The SMILES string of the molecule is O=C(/C=C/c1ccc(C(O)Cc2ccc(OCc3ccccc3)cc2)cc1)NO. The molecule has 29 heavy (non-hydrogen) atoms. The van der Waals surface area contributed by atoms with Gasteiger partial charge in [-0.1, -0.05) is 66.7 Å². The van der Waals surface area contributed by atoms with Crippen LogP contribution >= 0.6 is 0 Å². The van der Waals surface area contributed by atoms with Crippen LogP contribution in [0.25, 0.3) is 6.08 Å². The topological polar surface area (TPSA) is 78.8 Å². The van der Waals surface area contributed by atoms with Crippen LogP contribution in [0.3, 0.4) is 0 Å². The average Bonchev–Trinajstić information content (AvgIpc) is 2.78. The number of hydrogen-bond donors (Lipinski definition) is 3. The first-order valence-corrected chi connectivity index (χ1v) is 9.30. The second kappa shape index (κ2) is 10.2. The van der Waals surface area contributed by atoms with Gasteiger partial charge in [0, 0.05) is 12.5 Å². The first-order valence-electron chi connectivity index (χ1n) is 9.30. The first-order chi connectivity index (χ1) is 14.1. The monoisotopic (exact) mass is 389 g/mol. The Labute approximate surface area is 169 Å². The number of carbonyl (C=O) groups excluding carboxylic acids is 1. The van der Waals surface area contributed by atoms with Crippen LogP contribution in [0, 0.1) is 0 Å². The zero-order chi connectivity index (χ0) is 20.5. The van der Waals surface area contributed by atoms with E-state index in [-0.39, 0.29) is 0 Å². The Balaban J connectivity index is 1.54. The van der Waals surface area contributed by atoms with Gasteiger partial charge >= 0.3 is 0 Å². The van der Waals surface area contributed by atoms with Gasteiger partial charge in [-0.3, -0.25) is 10.0 Å². The standard InChI is InChI=1S/C24H23NO4/c26-23(21-11-6-18(7-12-21)10-15-24(27)25-28)16-19-8-13-22(14-9-19)29-17-20-4-2-1-3-5-20/h1-15,23,26,28H,16-17H2,(H,25,27)/b15-10+. The van der Waals surface area contributed by atoms with Gasteiger partial charge in [0.1, 0.15) is 12.4 Å². The van der Waals surface area contributed by atoms with Gasteiger partial charge in [-0.25, -0.2) is 5.48 Å². The molecule has 0 heterocycles. The molecule has 3 aromatic carbocycles. The fourth-order valence-electron chi connectivity index (χ4n) is 2.84. The molecule has 1 unspecified atom stereocenters. The van der Waals surface area contributed by atoms with E-state index in [0.29, 0.717) is 13.0 Å². The summed E-state index contributed by atoms with van der Waals surface area (Å²) >= 11 is 0. The highest BCUT2D eigenvalue weighted by Gasteiger charge is 2.09. The van der Waals surface area contributed by atoms with Crippen LogP contribution in [0.1, 0.15) is 28.4 Å². The number of hydrogen-bond acceptors (Lipinski definition) is 4. The first kappa shape index (κ1) is 20.3. The molecule has 3 N–H and O–H groups in total. The van der Waals surface area contributed by atoms with E-state index in [1.807, 2.05) is 66.7 Å². The maximum Gasteiger partial charge on any atom is 0.267 e. The zero-order valence-electron chi connectivity index (χ0n) is 15.9. The Kier molecular flexibility index (Phi) is 7.16. The number of hydroxylamine groups is 1. The largest absolute Gasteiger partial charge is 0.489 e. The molecule has 3 aromatic rings. The van der Waals surface area contributed by atoms with E-state index in [1.54, 1.807) is 18.2 Å². The minimum Gasteiger partial charge on any atom is -0.489 e. The lowest BCUT2D eigenvalue weighted by Crippen LogP contribution is -2.14. The van der Waals surface area contributed by atoms with Gasteiger partial charge in [-0.15, -0.1) is 0 Å². The molecule has 0 aliphatic carbocycles. The number of rotatable bonds is 8. The summed E-state index contributed by atoms with van der Waals surface area (Å²) in [6.07, 6.45) is 2.66. The molecular weight excluding hydrogens is 366 g/mol. The predicted octanol–water partition coefficient (Wildman–Crippen LogP) is 4.06. The van der Waals surface area contributed by atoms with Crippen molar-refractivity contribution in [2.45, 2.75) is 19.1 Å². The van der Waals surface area contributed by atoms with Crippen LogP contribution in [0.2, 0.25) is 0 Å². The lowest BCUT2D eigenvalue weighted by molar-refractivity contribution is -0.124. The van der Waals surface area contributed by atoms with E-state index in [1.165, 1.54) is 11.6 Å². The van der Waals surface area contributed by atoms with Crippen LogP contribution < -0.4 is 10.2 Å². The molecule has 3 rings (SSSR count). The number of aliphatic hydroxyl groups excluding tert-OH is 1. The fourth-order valence-corrected chi connectivity index (χ4v) is 2.84. The van der Waals surface area contributed by atoms with Crippen molar-refractivity contribution < 1.29 is 19.8 Å². The smallest absolute Gasteiger partial charge is 0.267 e. The average molecular weight is 389 g/mol. The second-order valence-electron chi connectivity index (χ2n) is 6.61. The van der Waals surface area contributed by atoms with E-state index >= 15 is 0 Å². The lowest BCUT2D eigenvalue weighted by atomic mass is 10.00. The molecule has 1 amide bonds. The minimum absolute atomic E-state index is 0.487. The van der Waals surface area contributed by atoms with Crippen molar-refractivity contribution >= 4 is 12.0 Å². The summed E-state index contributed by atoms with van der Waals surface area (Å²) in [6.45, 7) is 0.517. The molecule has 148 valence electrons. The summed E-state index contributed by atoms with van der Waals surface area (Å²) in [6, 6.07) is 25.0. The van der Waals surface area contributed by atoms with Crippen LogP contribution in [0.15, 0.2) is 84.9 Å². The summed E-state index contributed by atoms with van der Waals surface area (Å²) in [4.78, 5) is 11.0. The van der Waals surface area contributed by atoms with Gasteiger partial charge in [-0.2, -0.15) is 0 Å². The Morgan fingerprint density at radius 2 is 1.62 bits per heavy atom. The second-order valence-corrected chi connectivity index (χ2v) is 6.61. The van der Waals surface area contributed by atoms with E-state index in [4.69, 9.17) is 9.94 Å². The molecule has 0 radical (unpaired) electrons. The third kappa shape index (κ3) is 6.31. The zero-order valence-corrected chi connectivity index (χ0v) is 15.9. The summed E-state index contributed by atoms with van der Waals surface area (Å²) in [5.74, 6) is 0.195. The molecule has 0 saturated heterocycles.